The molecule has 2 aromatic rings. The summed E-state index contributed by atoms with van der Waals surface area (Å²) in [6.45, 7) is 2.08. The summed E-state index contributed by atoms with van der Waals surface area (Å²) in [5.41, 5.74) is 5.72. The fraction of sp³-hybridized carbons (Fsp3) is 0.167. The van der Waals surface area contributed by atoms with Crippen LogP contribution in [-0.4, -0.2) is 23.7 Å². The van der Waals surface area contributed by atoms with E-state index in [9.17, 15) is 4.79 Å². The van der Waals surface area contributed by atoms with Crippen molar-refractivity contribution in [1.29, 1.82) is 0 Å². The van der Waals surface area contributed by atoms with Gasteiger partial charge in [-0.25, -0.2) is 0 Å². The molecule has 0 fully saturated rings. The van der Waals surface area contributed by atoms with Crippen molar-refractivity contribution in [3.8, 4) is 0 Å². The number of hydrogen-bond donors (Lipinski definition) is 2. The van der Waals surface area contributed by atoms with E-state index in [0.29, 0.717) is 15.5 Å². The highest BCUT2D eigenvalue weighted by Gasteiger charge is 2.27. The van der Waals surface area contributed by atoms with E-state index in [1.165, 1.54) is 5.56 Å². The van der Waals surface area contributed by atoms with Crippen LogP contribution in [0, 0.1) is 0 Å². The van der Waals surface area contributed by atoms with Crippen LogP contribution in [0.5, 0.6) is 0 Å². The number of carbonyl (C=O) groups is 1. The minimum atomic E-state index is -2.00. The molecule has 3 rings (SSSR count). The van der Waals surface area contributed by atoms with Gasteiger partial charge in [-0.2, -0.15) is 0 Å². The SMILES string of the molecule is C=S(=C)(N)c1cc(C(=O)NN2c3ccccc3CC2C)ccc1Cl. The van der Waals surface area contributed by atoms with Crippen LogP contribution in [0.4, 0.5) is 5.69 Å². The van der Waals surface area contributed by atoms with E-state index in [0.717, 1.165) is 12.1 Å². The average Bonchev–Trinajstić information content (AvgIpc) is 2.82. The highest BCUT2D eigenvalue weighted by molar-refractivity contribution is 8.26. The summed E-state index contributed by atoms with van der Waals surface area (Å²) in [6.07, 6.45) is 0.899. The van der Waals surface area contributed by atoms with E-state index in [2.05, 4.69) is 30.2 Å². The second-order valence-electron chi connectivity index (χ2n) is 6.08. The number of fused-ring (bicyclic) bond motifs is 1. The number of benzene rings is 2. The monoisotopic (exact) mass is 361 g/mol. The molecular formula is C18H20ClN3OS. The molecule has 1 atom stereocenters. The summed E-state index contributed by atoms with van der Waals surface area (Å²) in [5.74, 6) is 7.53. The maximum absolute atomic E-state index is 12.7. The van der Waals surface area contributed by atoms with Gasteiger partial charge < -0.3 is 0 Å². The summed E-state index contributed by atoms with van der Waals surface area (Å²) in [4.78, 5) is 13.3. The number of para-hydroxylation sites is 1. The molecule has 6 heteroatoms. The lowest BCUT2D eigenvalue weighted by Gasteiger charge is -2.25. The van der Waals surface area contributed by atoms with Gasteiger partial charge in [-0.15, -0.1) is 9.39 Å². The predicted molar refractivity (Wildman–Crippen MR) is 105 cm³/mol. The Morgan fingerprint density at radius 2 is 2.04 bits per heavy atom. The fourth-order valence-corrected chi connectivity index (χ4v) is 4.26. The Balaban J connectivity index is 1.89. The zero-order valence-electron chi connectivity index (χ0n) is 13.5. The predicted octanol–water partition coefficient (Wildman–Crippen LogP) is 3.34. The third kappa shape index (κ3) is 3.15. The van der Waals surface area contributed by atoms with E-state index in [1.807, 2.05) is 23.2 Å². The molecule has 0 saturated carbocycles. The zero-order chi connectivity index (χ0) is 17.5. The molecule has 4 nitrogen and oxygen atoms in total. The lowest BCUT2D eigenvalue weighted by molar-refractivity contribution is 0.0946. The third-order valence-electron chi connectivity index (χ3n) is 4.06. The number of nitrogens with two attached hydrogens (primary N) is 1. The molecule has 0 aliphatic carbocycles. The van der Waals surface area contributed by atoms with E-state index in [4.69, 9.17) is 16.7 Å². The first-order valence-corrected chi connectivity index (χ1v) is 9.93. The number of hydrazine groups is 1. The molecule has 126 valence electrons. The number of anilines is 1. The van der Waals surface area contributed by atoms with Gasteiger partial charge in [0.15, 0.2) is 0 Å². The second-order valence-corrected chi connectivity index (χ2v) is 8.82. The summed E-state index contributed by atoms with van der Waals surface area (Å²) < 4.78 is 0. The maximum atomic E-state index is 12.7. The molecule has 1 aliphatic heterocycles. The van der Waals surface area contributed by atoms with E-state index >= 15 is 0 Å². The maximum Gasteiger partial charge on any atom is 0.269 e. The van der Waals surface area contributed by atoms with Crippen LogP contribution in [0.25, 0.3) is 0 Å². The van der Waals surface area contributed by atoms with Crippen LogP contribution in [0.1, 0.15) is 22.8 Å². The van der Waals surface area contributed by atoms with Crippen molar-refractivity contribution in [2.24, 2.45) is 5.14 Å². The van der Waals surface area contributed by atoms with Gasteiger partial charge in [0, 0.05) is 10.5 Å². The molecule has 0 radical (unpaired) electrons. The molecule has 3 N–H and O–H groups in total. The molecule has 0 bridgehead atoms. The summed E-state index contributed by atoms with van der Waals surface area (Å²) >= 11 is 6.16. The molecule has 0 saturated heterocycles. The van der Waals surface area contributed by atoms with Crippen molar-refractivity contribution >= 4 is 44.3 Å². The Morgan fingerprint density at radius 1 is 1.33 bits per heavy atom. The number of amides is 1. The molecule has 1 amide bonds. The highest BCUT2D eigenvalue weighted by Crippen LogP contribution is 2.33. The normalized spacial score (nSPS) is 16.8. The number of rotatable bonds is 3. The van der Waals surface area contributed by atoms with Crippen LogP contribution < -0.4 is 15.6 Å². The number of hydrogen-bond acceptors (Lipinski definition) is 3. The Labute approximate surface area is 147 Å². The highest BCUT2D eigenvalue weighted by atomic mass is 35.5. The van der Waals surface area contributed by atoms with Gasteiger partial charge in [-0.3, -0.25) is 20.4 Å². The van der Waals surface area contributed by atoms with Crippen molar-refractivity contribution in [2.45, 2.75) is 24.3 Å². The van der Waals surface area contributed by atoms with Crippen molar-refractivity contribution in [3.63, 3.8) is 0 Å². The summed E-state index contributed by atoms with van der Waals surface area (Å²) in [7, 11) is -2.00. The quantitative estimate of drug-likeness (QED) is 0.824. The van der Waals surface area contributed by atoms with Crippen LogP contribution in [0.15, 0.2) is 47.4 Å². The number of nitrogens with zero attached hydrogens (tertiary/aromatic N) is 1. The number of nitrogens with one attached hydrogen (secondary N) is 1. The first kappa shape index (κ1) is 16.9. The van der Waals surface area contributed by atoms with Gasteiger partial charge in [-0.1, -0.05) is 41.5 Å². The van der Waals surface area contributed by atoms with Gasteiger partial charge in [0.25, 0.3) is 5.91 Å². The smallest absolute Gasteiger partial charge is 0.269 e. The molecule has 0 aromatic heterocycles. The first-order chi connectivity index (χ1) is 11.3. The Hall–Kier alpha value is -1.95. The third-order valence-corrected chi connectivity index (χ3v) is 5.72. The molecule has 1 unspecified atom stereocenters. The second kappa shape index (κ2) is 6.16. The van der Waals surface area contributed by atoms with E-state index in [1.54, 1.807) is 18.2 Å². The van der Waals surface area contributed by atoms with Crippen LogP contribution in [-0.2, 0) is 6.42 Å². The molecule has 0 spiro atoms. The topological polar surface area (TPSA) is 58.4 Å². The standard InChI is InChI=1S/C18H20ClN3OS/c1-12-10-13-6-4-5-7-16(13)22(12)21-18(23)14-8-9-15(19)17(11-14)24(2,3)20/h4-9,11-12H,2-3,10,20H2,1H3,(H,21,23). The van der Waals surface area contributed by atoms with Crippen molar-refractivity contribution < 1.29 is 4.79 Å². The van der Waals surface area contributed by atoms with E-state index in [-0.39, 0.29) is 11.9 Å². The van der Waals surface area contributed by atoms with Crippen molar-refractivity contribution in [2.75, 3.05) is 5.01 Å². The Kier molecular flexibility index (Phi) is 4.34. The van der Waals surface area contributed by atoms with Gasteiger partial charge in [-0.05, 0) is 43.2 Å². The van der Waals surface area contributed by atoms with Crippen LogP contribution in [0.2, 0.25) is 5.02 Å². The largest absolute Gasteiger partial charge is 0.285 e. The van der Waals surface area contributed by atoms with Crippen LogP contribution >= 0.6 is 21.0 Å². The minimum absolute atomic E-state index is 0.193. The molecule has 2 aromatic carbocycles. The minimum Gasteiger partial charge on any atom is -0.285 e. The summed E-state index contributed by atoms with van der Waals surface area (Å²) in [5, 5.41) is 8.40. The molecule has 1 aliphatic rings. The summed E-state index contributed by atoms with van der Waals surface area (Å²) in [6, 6.07) is 13.3. The van der Waals surface area contributed by atoms with E-state index < -0.39 is 9.39 Å². The van der Waals surface area contributed by atoms with Crippen LogP contribution in [0.3, 0.4) is 0 Å². The number of carbonyl (C=O) groups excluding carboxylic acids is 1. The Bertz CT molecular complexity index is 908. The first-order valence-electron chi connectivity index (χ1n) is 7.52. The fourth-order valence-electron chi connectivity index (χ4n) is 2.87. The van der Waals surface area contributed by atoms with Crippen molar-refractivity contribution in [1.82, 2.24) is 5.43 Å². The molecule has 1 heterocycles. The lowest BCUT2D eigenvalue weighted by atomic mass is 10.1. The molecular weight excluding hydrogens is 342 g/mol. The van der Waals surface area contributed by atoms with Gasteiger partial charge >= 0.3 is 0 Å². The van der Waals surface area contributed by atoms with Gasteiger partial charge in [0.05, 0.1) is 16.8 Å². The lowest BCUT2D eigenvalue weighted by Crippen LogP contribution is -2.45. The average molecular weight is 362 g/mol. The van der Waals surface area contributed by atoms with Crippen molar-refractivity contribution in [3.05, 3.63) is 58.6 Å². The van der Waals surface area contributed by atoms with Gasteiger partial charge in [0.1, 0.15) is 0 Å². The zero-order valence-corrected chi connectivity index (χ0v) is 15.0. The molecule has 24 heavy (non-hydrogen) atoms. The Morgan fingerprint density at radius 3 is 2.75 bits per heavy atom. The van der Waals surface area contributed by atoms with Gasteiger partial charge in [0.2, 0.25) is 0 Å². The number of halogens is 1.